The van der Waals surface area contributed by atoms with Crippen LogP contribution in [0.25, 0.3) is 0 Å². The lowest BCUT2D eigenvalue weighted by Gasteiger charge is -2.33. The number of ether oxygens (including phenoxy) is 1. The topological polar surface area (TPSA) is 80.8 Å². The molecule has 2 unspecified atom stereocenters. The predicted molar refractivity (Wildman–Crippen MR) is 99.9 cm³/mol. The lowest BCUT2D eigenvalue weighted by molar-refractivity contribution is -0.138. The molecule has 1 saturated heterocycles. The maximum Gasteiger partial charge on any atom is 0.338 e. The maximum atomic E-state index is 12.7. The Kier molecular flexibility index (Phi) is 6.44. The summed E-state index contributed by atoms with van der Waals surface area (Å²) in [5, 5.41) is 0. The fraction of sp³-hybridized carbons (Fsp3) is 0.579. The van der Waals surface area contributed by atoms with Crippen LogP contribution in [0.1, 0.15) is 48.2 Å². The number of aryl methyl sites for hydroxylation is 2. The molecule has 1 fully saturated rings. The van der Waals surface area contributed by atoms with Crippen molar-refractivity contribution in [2.24, 2.45) is 0 Å². The quantitative estimate of drug-likeness (QED) is 0.706. The van der Waals surface area contributed by atoms with Crippen LogP contribution in [-0.4, -0.2) is 55.4 Å². The smallest absolute Gasteiger partial charge is 0.338 e. The molecule has 26 heavy (non-hydrogen) atoms. The zero-order chi connectivity index (χ0) is 19.5. The Balaban J connectivity index is 2.07. The van der Waals surface area contributed by atoms with Gasteiger partial charge in [-0.2, -0.15) is 0 Å². The van der Waals surface area contributed by atoms with Crippen molar-refractivity contribution in [2.75, 3.05) is 18.1 Å². The van der Waals surface area contributed by atoms with Crippen LogP contribution in [-0.2, 0) is 19.4 Å². The summed E-state index contributed by atoms with van der Waals surface area (Å²) in [5.74, 6) is -0.809. The molecule has 1 amide bonds. The number of benzene rings is 1. The van der Waals surface area contributed by atoms with E-state index in [0.717, 1.165) is 11.1 Å². The Morgan fingerprint density at radius 2 is 2.00 bits per heavy atom. The molecule has 1 aliphatic heterocycles. The van der Waals surface area contributed by atoms with Gasteiger partial charge in [0.05, 0.1) is 17.1 Å². The molecule has 0 aromatic heterocycles. The van der Waals surface area contributed by atoms with Gasteiger partial charge in [-0.25, -0.2) is 13.2 Å². The second kappa shape index (κ2) is 8.20. The van der Waals surface area contributed by atoms with Crippen LogP contribution in [0, 0.1) is 13.8 Å². The van der Waals surface area contributed by atoms with E-state index in [2.05, 4.69) is 0 Å². The van der Waals surface area contributed by atoms with Crippen LogP contribution in [0.15, 0.2) is 18.2 Å². The third-order valence-corrected chi connectivity index (χ3v) is 6.65. The third kappa shape index (κ3) is 4.84. The van der Waals surface area contributed by atoms with E-state index < -0.39 is 15.8 Å². The van der Waals surface area contributed by atoms with E-state index in [0.29, 0.717) is 18.4 Å². The Bertz CT molecular complexity index is 787. The first-order valence-corrected chi connectivity index (χ1v) is 10.7. The van der Waals surface area contributed by atoms with E-state index in [-0.39, 0.29) is 36.1 Å². The number of rotatable bonds is 6. The van der Waals surface area contributed by atoms with Crippen molar-refractivity contribution >= 4 is 21.7 Å². The van der Waals surface area contributed by atoms with Crippen molar-refractivity contribution in [3.8, 4) is 0 Å². The summed E-state index contributed by atoms with van der Waals surface area (Å²) >= 11 is 0. The number of esters is 1. The van der Waals surface area contributed by atoms with Crippen molar-refractivity contribution < 1.29 is 22.7 Å². The fourth-order valence-electron chi connectivity index (χ4n) is 3.24. The van der Waals surface area contributed by atoms with Gasteiger partial charge in [0, 0.05) is 12.1 Å². The number of carbonyl (C=O) groups excluding carboxylic acids is 2. The molecular formula is C19H27NO5S. The van der Waals surface area contributed by atoms with Gasteiger partial charge in [0.15, 0.2) is 16.4 Å². The lowest BCUT2D eigenvalue weighted by Crippen LogP contribution is -2.48. The number of nitrogens with zero attached hydrogens (tertiary/aromatic N) is 1. The molecule has 1 aromatic rings. The van der Waals surface area contributed by atoms with Crippen molar-refractivity contribution in [1.29, 1.82) is 0 Å². The Hall–Kier alpha value is -1.89. The Labute approximate surface area is 155 Å². The molecule has 0 spiro atoms. The van der Waals surface area contributed by atoms with Gasteiger partial charge in [-0.3, -0.25) is 4.79 Å². The highest BCUT2D eigenvalue weighted by atomic mass is 32.2. The molecule has 0 aliphatic carbocycles. The summed E-state index contributed by atoms with van der Waals surface area (Å²) in [7, 11) is -3.10. The summed E-state index contributed by atoms with van der Waals surface area (Å²) in [6.45, 7) is 7.14. The molecule has 1 heterocycles. The first-order valence-electron chi connectivity index (χ1n) is 8.90. The number of hydrogen-bond acceptors (Lipinski definition) is 5. The van der Waals surface area contributed by atoms with E-state index in [1.54, 1.807) is 11.0 Å². The van der Waals surface area contributed by atoms with Gasteiger partial charge in [-0.05, 0) is 45.2 Å². The number of sulfone groups is 1. The monoisotopic (exact) mass is 381 g/mol. The predicted octanol–water partition coefficient (Wildman–Crippen LogP) is 2.27. The number of carbonyl (C=O) groups is 2. The highest BCUT2D eigenvalue weighted by Crippen LogP contribution is 2.21. The van der Waals surface area contributed by atoms with E-state index in [9.17, 15) is 18.0 Å². The van der Waals surface area contributed by atoms with E-state index in [1.807, 2.05) is 39.8 Å². The van der Waals surface area contributed by atoms with Crippen molar-refractivity contribution in [2.45, 2.75) is 52.6 Å². The first kappa shape index (κ1) is 20.4. The minimum absolute atomic E-state index is 0.0198. The average Bonchev–Trinajstić information content (AvgIpc) is 2.94. The van der Waals surface area contributed by atoms with Crippen LogP contribution in [0.5, 0.6) is 0 Å². The highest BCUT2D eigenvalue weighted by molar-refractivity contribution is 7.91. The van der Waals surface area contributed by atoms with Gasteiger partial charge >= 0.3 is 5.97 Å². The fourth-order valence-corrected chi connectivity index (χ4v) is 4.95. The van der Waals surface area contributed by atoms with Gasteiger partial charge in [-0.1, -0.05) is 24.6 Å². The Morgan fingerprint density at radius 3 is 2.58 bits per heavy atom. The van der Waals surface area contributed by atoms with Gasteiger partial charge in [0.1, 0.15) is 0 Å². The lowest BCUT2D eigenvalue weighted by atomic mass is 10.1. The van der Waals surface area contributed by atoms with E-state index in [4.69, 9.17) is 4.74 Å². The minimum Gasteiger partial charge on any atom is -0.452 e. The standard InChI is InChI=1S/C19H27NO5S/c1-5-15(4)20(16-8-9-26(23,24)12-16)18(21)11-25-19(22)17-10-13(2)6-7-14(17)3/h6-7,10,15-16H,5,8-9,11-12H2,1-4H3. The second-order valence-electron chi connectivity index (χ2n) is 7.01. The molecular weight excluding hydrogens is 354 g/mol. The third-order valence-electron chi connectivity index (χ3n) is 4.90. The SMILES string of the molecule is CCC(C)N(C(=O)COC(=O)c1cc(C)ccc1C)C1CCS(=O)(=O)C1. The van der Waals surface area contributed by atoms with Gasteiger partial charge in [0.25, 0.3) is 5.91 Å². The molecule has 7 heteroatoms. The summed E-state index contributed by atoms with van der Waals surface area (Å²) in [5.41, 5.74) is 2.16. The van der Waals surface area contributed by atoms with Crippen LogP contribution < -0.4 is 0 Å². The van der Waals surface area contributed by atoms with Gasteiger partial charge in [0.2, 0.25) is 0 Å². The van der Waals surface area contributed by atoms with Crippen LogP contribution >= 0.6 is 0 Å². The molecule has 6 nitrogen and oxygen atoms in total. The van der Waals surface area contributed by atoms with Crippen molar-refractivity contribution in [3.05, 3.63) is 34.9 Å². The number of hydrogen-bond donors (Lipinski definition) is 0. The average molecular weight is 381 g/mol. The molecule has 2 rings (SSSR count). The van der Waals surface area contributed by atoms with Gasteiger partial charge < -0.3 is 9.64 Å². The molecule has 2 atom stereocenters. The van der Waals surface area contributed by atoms with Gasteiger partial charge in [-0.15, -0.1) is 0 Å². The van der Waals surface area contributed by atoms with E-state index >= 15 is 0 Å². The molecule has 1 aromatic carbocycles. The van der Waals surface area contributed by atoms with Crippen molar-refractivity contribution in [1.82, 2.24) is 4.90 Å². The first-order chi connectivity index (χ1) is 12.1. The summed E-state index contributed by atoms with van der Waals surface area (Å²) in [6, 6.07) is 5.02. The largest absolute Gasteiger partial charge is 0.452 e. The zero-order valence-electron chi connectivity index (χ0n) is 15.8. The molecule has 0 saturated carbocycles. The maximum absolute atomic E-state index is 12.7. The normalized spacial score (nSPS) is 19.8. The van der Waals surface area contributed by atoms with E-state index in [1.165, 1.54) is 0 Å². The Morgan fingerprint density at radius 1 is 1.31 bits per heavy atom. The molecule has 1 aliphatic rings. The zero-order valence-corrected chi connectivity index (χ0v) is 16.6. The van der Waals surface area contributed by atoms with Crippen LogP contribution in [0.3, 0.4) is 0 Å². The summed E-state index contributed by atoms with van der Waals surface area (Å²) in [6.07, 6.45) is 1.14. The highest BCUT2D eigenvalue weighted by Gasteiger charge is 2.36. The molecule has 0 N–H and O–H groups in total. The molecule has 0 radical (unpaired) electrons. The van der Waals surface area contributed by atoms with Crippen LogP contribution in [0.2, 0.25) is 0 Å². The minimum atomic E-state index is -3.10. The van der Waals surface area contributed by atoms with Crippen molar-refractivity contribution in [3.63, 3.8) is 0 Å². The molecule has 0 bridgehead atoms. The molecule has 144 valence electrons. The second-order valence-corrected chi connectivity index (χ2v) is 9.24. The van der Waals surface area contributed by atoms with Crippen LogP contribution in [0.4, 0.5) is 0 Å². The summed E-state index contributed by atoms with van der Waals surface area (Å²) < 4.78 is 28.8. The number of amides is 1. The summed E-state index contributed by atoms with van der Waals surface area (Å²) in [4.78, 5) is 26.6.